The van der Waals surface area contributed by atoms with Crippen LogP contribution in [0, 0.1) is 9.39 Å². The molecule has 6 heteroatoms. The Hall–Kier alpha value is -1.21. The number of halogens is 3. The van der Waals surface area contributed by atoms with Gasteiger partial charge in [0.2, 0.25) is 0 Å². The number of nitrogen functional groups attached to an aromatic ring is 1. The van der Waals surface area contributed by atoms with Crippen molar-refractivity contribution in [3.63, 3.8) is 0 Å². The molecule has 0 fully saturated rings. The summed E-state index contributed by atoms with van der Waals surface area (Å²) in [4.78, 5) is 0. The van der Waals surface area contributed by atoms with Crippen LogP contribution in [0.5, 0.6) is 5.75 Å². The molecule has 0 aliphatic carbocycles. The largest absolute Gasteiger partial charge is 0.488 e. The van der Waals surface area contributed by atoms with Crippen LogP contribution in [0.25, 0.3) is 0 Å². The van der Waals surface area contributed by atoms with Crippen molar-refractivity contribution in [2.75, 3.05) is 11.1 Å². The summed E-state index contributed by atoms with van der Waals surface area (Å²) in [7, 11) is 0. The lowest BCUT2D eigenvalue weighted by Crippen LogP contribution is -2.08. The summed E-state index contributed by atoms with van der Waals surface area (Å²) in [5, 5.41) is 3.82. The molecule has 0 saturated heterocycles. The van der Waals surface area contributed by atoms with E-state index in [0.29, 0.717) is 16.4 Å². The van der Waals surface area contributed by atoms with Crippen LogP contribution in [-0.2, 0) is 0 Å². The van der Waals surface area contributed by atoms with E-state index in [1.807, 2.05) is 26.0 Å². The van der Waals surface area contributed by atoms with Crippen molar-refractivity contribution >= 4 is 51.3 Å². The third-order valence-electron chi connectivity index (χ3n) is 2.67. The van der Waals surface area contributed by atoms with E-state index in [0.717, 1.165) is 9.26 Å². The first-order chi connectivity index (χ1) is 9.86. The molecule has 21 heavy (non-hydrogen) atoms. The number of nitrogens with one attached hydrogen (secondary N) is 1. The predicted octanol–water partition coefficient (Wildman–Crippen LogP) is 5.20. The Kier molecular flexibility index (Phi) is 5.16. The van der Waals surface area contributed by atoms with Gasteiger partial charge in [0.25, 0.3) is 0 Å². The highest BCUT2D eigenvalue weighted by Gasteiger charge is 2.12. The van der Waals surface area contributed by atoms with Crippen LogP contribution in [0.4, 0.5) is 21.5 Å². The zero-order chi connectivity index (χ0) is 15.6. The zero-order valence-electron chi connectivity index (χ0n) is 11.6. The van der Waals surface area contributed by atoms with Gasteiger partial charge in [0.05, 0.1) is 23.2 Å². The van der Waals surface area contributed by atoms with Gasteiger partial charge in [0.1, 0.15) is 0 Å². The van der Waals surface area contributed by atoms with E-state index in [-0.39, 0.29) is 11.9 Å². The van der Waals surface area contributed by atoms with Crippen molar-refractivity contribution in [2.24, 2.45) is 0 Å². The number of rotatable bonds is 4. The van der Waals surface area contributed by atoms with Gasteiger partial charge in [-0.2, -0.15) is 0 Å². The lowest BCUT2D eigenvalue weighted by atomic mass is 10.2. The maximum Gasteiger partial charge on any atom is 0.167 e. The van der Waals surface area contributed by atoms with E-state index >= 15 is 0 Å². The van der Waals surface area contributed by atoms with Crippen molar-refractivity contribution in [3.8, 4) is 5.75 Å². The van der Waals surface area contributed by atoms with Crippen molar-refractivity contribution < 1.29 is 9.13 Å². The maximum absolute atomic E-state index is 13.8. The highest BCUT2D eigenvalue weighted by atomic mass is 127. The maximum atomic E-state index is 13.8. The van der Waals surface area contributed by atoms with Crippen molar-refractivity contribution in [1.82, 2.24) is 0 Å². The van der Waals surface area contributed by atoms with Crippen molar-refractivity contribution in [1.29, 1.82) is 0 Å². The molecule has 2 aromatic carbocycles. The molecule has 3 N–H and O–H groups in total. The summed E-state index contributed by atoms with van der Waals surface area (Å²) in [6, 6.07) is 8.26. The van der Waals surface area contributed by atoms with Crippen LogP contribution >= 0.6 is 34.2 Å². The fourth-order valence-corrected chi connectivity index (χ4v) is 2.76. The molecule has 0 spiro atoms. The zero-order valence-corrected chi connectivity index (χ0v) is 14.5. The standard InChI is InChI=1S/C15H15ClFIN2O/c1-8(2)21-15-7-14(12(19)6-10(15)17)20-13-4-3-9(16)5-11(13)18/h3-8,20H,19H2,1-2H3. The summed E-state index contributed by atoms with van der Waals surface area (Å²) < 4.78 is 20.2. The lowest BCUT2D eigenvalue weighted by Gasteiger charge is -2.15. The van der Waals surface area contributed by atoms with Gasteiger partial charge in [-0.15, -0.1) is 0 Å². The Morgan fingerprint density at radius 3 is 2.57 bits per heavy atom. The highest BCUT2D eigenvalue weighted by Crippen LogP contribution is 2.33. The molecule has 0 heterocycles. The van der Waals surface area contributed by atoms with Gasteiger partial charge in [-0.25, -0.2) is 4.39 Å². The summed E-state index contributed by atoms with van der Waals surface area (Å²) in [6.45, 7) is 3.68. The second-order valence-corrected chi connectivity index (χ2v) is 6.38. The minimum atomic E-state index is -0.474. The number of ether oxygens (including phenoxy) is 1. The van der Waals surface area contributed by atoms with Gasteiger partial charge in [0.15, 0.2) is 11.6 Å². The fraction of sp³-hybridized carbons (Fsp3) is 0.200. The third kappa shape index (κ3) is 4.14. The normalized spacial score (nSPS) is 10.8. The minimum Gasteiger partial charge on any atom is -0.488 e. The van der Waals surface area contributed by atoms with Crippen LogP contribution < -0.4 is 15.8 Å². The summed E-state index contributed by atoms with van der Waals surface area (Å²) in [5.74, 6) is -0.303. The Morgan fingerprint density at radius 1 is 1.24 bits per heavy atom. The molecular weight excluding hydrogens is 406 g/mol. The average molecular weight is 421 g/mol. The highest BCUT2D eigenvalue weighted by molar-refractivity contribution is 14.1. The molecule has 0 aliphatic rings. The molecule has 0 radical (unpaired) electrons. The third-order valence-corrected chi connectivity index (χ3v) is 3.79. The molecule has 3 nitrogen and oxygen atoms in total. The first-order valence-corrected chi connectivity index (χ1v) is 7.80. The second kappa shape index (κ2) is 6.70. The van der Waals surface area contributed by atoms with Gasteiger partial charge < -0.3 is 15.8 Å². The Labute approximate surface area is 141 Å². The molecule has 0 unspecified atom stereocenters. The molecule has 2 aromatic rings. The predicted molar refractivity (Wildman–Crippen MR) is 94.0 cm³/mol. The van der Waals surface area contributed by atoms with Crippen molar-refractivity contribution in [3.05, 3.63) is 44.7 Å². The summed E-state index contributed by atoms with van der Waals surface area (Å²) >= 11 is 8.09. The van der Waals surface area contributed by atoms with Crippen LogP contribution in [0.2, 0.25) is 5.02 Å². The first kappa shape index (κ1) is 16.2. The van der Waals surface area contributed by atoms with Gasteiger partial charge in [0, 0.05) is 20.7 Å². The SMILES string of the molecule is CC(C)Oc1cc(Nc2ccc(Cl)cc2I)c(N)cc1F. The van der Waals surface area contributed by atoms with Crippen LogP contribution in [-0.4, -0.2) is 6.10 Å². The number of hydrogen-bond acceptors (Lipinski definition) is 3. The van der Waals surface area contributed by atoms with E-state index in [4.69, 9.17) is 22.1 Å². The van der Waals surface area contributed by atoms with Gasteiger partial charge >= 0.3 is 0 Å². The molecule has 0 aliphatic heterocycles. The smallest absolute Gasteiger partial charge is 0.167 e. The Balaban J connectivity index is 2.34. The molecule has 0 bridgehead atoms. The molecule has 0 aromatic heterocycles. The van der Waals surface area contributed by atoms with Crippen LogP contribution in [0.1, 0.15) is 13.8 Å². The van der Waals surface area contributed by atoms with Gasteiger partial charge in [-0.3, -0.25) is 0 Å². The van der Waals surface area contributed by atoms with Crippen LogP contribution in [0.3, 0.4) is 0 Å². The molecule has 2 rings (SSSR count). The summed E-state index contributed by atoms with van der Waals surface area (Å²) in [6.07, 6.45) is -0.119. The number of hydrogen-bond donors (Lipinski definition) is 2. The van der Waals surface area contributed by atoms with Gasteiger partial charge in [-0.1, -0.05) is 11.6 Å². The fourth-order valence-electron chi connectivity index (χ4n) is 1.76. The van der Waals surface area contributed by atoms with E-state index in [2.05, 4.69) is 27.9 Å². The van der Waals surface area contributed by atoms with E-state index in [1.165, 1.54) is 6.07 Å². The molecular formula is C15H15ClFIN2O. The molecule has 0 amide bonds. The number of benzene rings is 2. The Morgan fingerprint density at radius 2 is 1.95 bits per heavy atom. The minimum absolute atomic E-state index is 0.119. The number of anilines is 3. The molecule has 112 valence electrons. The first-order valence-electron chi connectivity index (χ1n) is 6.34. The van der Waals surface area contributed by atoms with E-state index < -0.39 is 5.82 Å². The second-order valence-electron chi connectivity index (χ2n) is 4.79. The van der Waals surface area contributed by atoms with Crippen LogP contribution in [0.15, 0.2) is 30.3 Å². The number of nitrogens with two attached hydrogens (primary N) is 1. The lowest BCUT2D eigenvalue weighted by molar-refractivity contribution is 0.231. The summed E-state index contributed by atoms with van der Waals surface area (Å²) in [5.41, 5.74) is 7.61. The monoisotopic (exact) mass is 420 g/mol. The van der Waals surface area contributed by atoms with Crippen molar-refractivity contribution in [2.45, 2.75) is 20.0 Å². The van der Waals surface area contributed by atoms with E-state index in [1.54, 1.807) is 12.1 Å². The van der Waals surface area contributed by atoms with E-state index in [9.17, 15) is 4.39 Å². The van der Waals surface area contributed by atoms with Gasteiger partial charge in [-0.05, 0) is 54.6 Å². The molecule has 0 atom stereocenters. The topological polar surface area (TPSA) is 47.3 Å². The average Bonchev–Trinajstić information content (AvgIpc) is 2.37. The molecule has 0 saturated carbocycles. The Bertz CT molecular complexity index is 664. The quantitative estimate of drug-likeness (QED) is 0.528.